The summed E-state index contributed by atoms with van der Waals surface area (Å²) in [5, 5.41) is 22.6. The van der Waals surface area contributed by atoms with Gasteiger partial charge in [0.05, 0.1) is 23.5 Å². The quantitative estimate of drug-likeness (QED) is 0.0242. The molecule has 5 rings (SSSR count). The van der Waals surface area contributed by atoms with Gasteiger partial charge in [-0.2, -0.15) is 4.21 Å². The molecule has 0 saturated carbocycles. The Bertz CT molecular complexity index is 2620. The van der Waals surface area contributed by atoms with Gasteiger partial charge >= 0.3 is 11.3 Å². The van der Waals surface area contributed by atoms with Crippen LogP contribution in [0.2, 0.25) is 0 Å². The fourth-order valence-electron chi connectivity index (χ4n) is 10.4. The largest absolute Gasteiger partial charge is 0.491 e. The fourth-order valence-corrected chi connectivity index (χ4v) is 11.0. The number of H-pyrrole nitrogens is 1. The first kappa shape index (κ1) is 64.5. The SMILES string of the molecule is CCCCCCCCCCCCNC(=O)c1ccc(C(=O)NCCCCCCCCCCCC)c(OS(=O)Nc2ccc(OCCCCCCCCCC)c(Nc3c(C)cc(C)c(-c4nnc5cc(C(C)(C)C)[nH]n45)c3C)c2)c1. The number of amides is 2. The van der Waals surface area contributed by atoms with Gasteiger partial charge < -0.3 is 24.9 Å². The van der Waals surface area contributed by atoms with Crippen molar-refractivity contribution in [3.8, 4) is 22.9 Å². The topological polar surface area (TPSA) is 164 Å². The molecule has 1 atom stereocenters. The molecule has 5 N–H and O–H groups in total. The molecule has 2 amide bonds. The molecule has 0 fully saturated rings. The molecule has 0 aliphatic carbocycles. The molecule has 2 aromatic heterocycles. The first-order valence-electron chi connectivity index (χ1n) is 30.9. The lowest BCUT2D eigenvalue weighted by Crippen LogP contribution is -2.27. The van der Waals surface area contributed by atoms with Gasteiger partial charge in [-0.25, -0.2) is 4.52 Å². The van der Waals surface area contributed by atoms with Crippen LogP contribution in [-0.2, 0) is 16.7 Å². The monoisotopic (exact) mass is 1110 g/mol. The first-order valence-corrected chi connectivity index (χ1v) is 32.0. The minimum Gasteiger partial charge on any atom is -0.491 e. The van der Waals surface area contributed by atoms with E-state index in [4.69, 9.17) is 8.92 Å². The van der Waals surface area contributed by atoms with Crippen LogP contribution in [0.25, 0.3) is 17.0 Å². The zero-order valence-corrected chi connectivity index (χ0v) is 51.1. The molecule has 13 nitrogen and oxygen atoms in total. The maximum absolute atomic E-state index is 14.2. The van der Waals surface area contributed by atoms with E-state index < -0.39 is 11.3 Å². The summed E-state index contributed by atoms with van der Waals surface area (Å²) in [5.41, 5.74) is 8.38. The number of carbonyl (C=O) groups is 2. The third kappa shape index (κ3) is 21.9. The fraction of sp³-hybridized carbons (Fsp3) is 0.631. The number of aromatic amines is 1. The highest BCUT2D eigenvalue weighted by molar-refractivity contribution is 7.82. The normalized spacial score (nSPS) is 12.0. The van der Waals surface area contributed by atoms with E-state index in [-0.39, 0.29) is 28.5 Å². The molecule has 438 valence electrons. The molecule has 0 radical (unpaired) electrons. The number of aryl methyl sites for hydroxylation is 2. The summed E-state index contributed by atoms with van der Waals surface area (Å²) in [7, 11) is 0. The Morgan fingerprint density at radius 3 is 1.68 bits per heavy atom. The van der Waals surface area contributed by atoms with Crippen LogP contribution in [0.5, 0.6) is 11.5 Å². The Hall–Kier alpha value is -5.37. The van der Waals surface area contributed by atoms with E-state index in [0.717, 1.165) is 96.5 Å². The van der Waals surface area contributed by atoms with Gasteiger partial charge in [0, 0.05) is 47.1 Å². The van der Waals surface area contributed by atoms with Gasteiger partial charge in [-0.1, -0.05) is 208 Å². The molecule has 2 heterocycles. The molecule has 5 aromatic rings. The minimum atomic E-state index is -2.18. The van der Waals surface area contributed by atoms with Crippen LogP contribution in [0.15, 0.2) is 48.5 Å². The van der Waals surface area contributed by atoms with Crippen LogP contribution in [0, 0.1) is 20.8 Å². The molecule has 79 heavy (non-hydrogen) atoms. The molecule has 0 bridgehead atoms. The number of ether oxygens (including phenoxy) is 1. The predicted molar refractivity (Wildman–Crippen MR) is 331 cm³/mol. The van der Waals surface area contributed by atoms with Gasteiger partial charge in [0.2, 0.25) is 0 Å². The number of hydrogen-bond acceptors (Lipinski definition) is 8. The van der Waals surface area contributed by atoms with Gasteiger partial charge in [0.25, 0.3) is 11.8 Å². The molecule has 1 unspecified atom stereocenters. The van der Waals surface area contributed by atoms with Gasteiger partial charge in [0.1, 0.15) is 5.75 Å². The van der Waals surface area contributed by atoms with Crippen LogP contribution in [-0.4, -0.2) is 55.5 Å². The minimum absolute atomic E-state index is 0.0550. The Balaban J connectivity index is 1.33. The number of anilines is 3. The van der Waals surface area contributed by atoms with E-state index in [9.17, 15) is 13.8 Å². The molecule has 0 spiro atoms. The Kier molecular flexibility index (Phi) is 28.9. The summed E-state index contributed by atoms with van der Waals surface area (Å²) in [4.78, 5) is 27.4. The molecular formula is C65H102N8O5S. The Morgan fingerprint density at radius 2 is 1.13 bits per heavy atom. The number of unbranched alkanes of at least 4 members (excludes halogenated alkanes) is 25. The Morgan fingerprint density at radius 1 is 0.595 bits per heavy atom. The average Bonchev–Trinajstić information content (AvgIpc) is 4.22. The van der Waals surface area contributed by atoms with Crippen LogP contribution in [0.1, 0.15) is 264 Å². The number of nitrogens with zero attached hydrogens (tertiary/aromatic N) is 3. The highest BCUT2D eigenvalue weighted by atomic mass is 32.2. The van der Waals surface area contributed by atoms with E-state index in [1.54, 1.807) is 12.1 Å². The zero-order chi connectivity index (χ0) is 56.8. The lowest BCUT2D eigenvalue weighted by Gasteiger charge is -2.21. The van der Waals surface area contributed by atoms with Crippen molar-refractivity contribution in [1.29, 1.82) is 0 Å². The van der Waals surface area contributed by atoms with Crippen LogP contribution >= 0.6 is 0 Å². The molecular weight excluding hydrogens is 1000 g/mol. The van der Waals surface area contributed by atoms with Crippen LogP contribution in [0.4, 0.5) is 17.1 Å². The summed E-state index contributed by atoms with van der Waals surface area (Å²) in [6.45, 7) is 21.1. The van der Waals surface area contributed by atoms with Crippen molar-refractivity contribution in [1.82, 2.24) is 30.4 Å². The smallest absolute Gasteiger partial charge is 0.316 e. The number of aromatic nitrogens is 4. The van der Waals surface area contributed by atoms with E-state index in [1.807, 2.05) is 22.7 Å². The van der Waals surface area contributed by atoms with E-state index in [1.165, 1.54) is 134 Å². The predicted octanol–water partition coefficient (Wildman–Crippen LogP) is 17.6. The summed E-state index contributed by atoms with van der Waals surface area (Å²) in [5.74, 6) is 0.823. The summed E-state index contributed by atoms with van der Waals surface area (Å²) < 4.78 is 31.8. The van der Waals surface area contributed by atoms with Crippen molar-refractivity contribution in [2.24, 2.45) is 0 Å². The molecule has 0 aliphatic rings. The number of benzene rings is 3. The summed E-state index contributed by atoms with van der Waals surface area (Å²) in [6, 6.07) is 14.6. The molecule has 0 saturated heterocycles. The second kappa shape index (κ2) is 35.4. The maximum Gasteiger partial charge on any atom is 0.316 e. The lowest BCUT2D eigenvalue weighted by molar-refractivity contribution is 0.0939. The zero-order valence-electron chi connectivity index (χ0n) is 50.3. The number of nitrogens with one attached hydrogen (secondary N) is 5. The number of hydrogen-bond donors (Lipinski definition) is 5. The number of fused-ring (bicyclic) bond motifs is 1. The number of rotatable bonds is 41. The van der Waals surface area contributed by atoms with Crippen molar-refractivity contribution in [2.45, 2.75) is 248 Å². The van der Waals surface area contributed by atoms with Crippen molar-refractivity contribution < 1.29 is 22.7 Å². The summed E-state index contributed by atoms with van der Waals surface area (Å²) in [6.07, 6.45) is 33.6. The maximum atomic E-state index is 14.2. The van der Waals surface area contributed by atoms with Crippen molar-refractivity contribution in [3.63, 3.8) is 0 Å². The van der Waals surface area contributed by atoms with Crippen molar-refractivity contribution in [2.75, 3.05) is 29.7 Å². The summed E-state index contributed by atoms with van der Waals surface area (Å²) >= 11 is -2.18. The molecule has 0 aliphatic heterocycles. The van der Waals surface area contributed by atoms with E-state index >= 15 is 0 Å². The second-order valence-corrected chi connectivity index (χ2v) is 24.0. The van der Waals surface area contributed by atoms with Gasteiger partial charge in [-0.05, 0) is 93.1 Å². The molecule has 3 aromatic carbocycles. The first-order chi connectivity index (χ1) is 38.2. The highest BCUT2D eigenvalue weighted by Gasteiger charge is 2.24. The standard InChI is InChI=1S/C65H102N8O5S/c1-10-13-16-19-22-25-27-29-32-35-42-66-63(74)52-38-40-54(64(75)67-43-36-33-30-28-26-23-20-17-14-11-2)57(46-52)78-79(76)72-53-39-41-56(77-44-37-34-31-24-21-18-15-12-3)55(47-53)68-61-50(5)45-49(4)60(51(61)6)62-70-69-59-48-58(65(7,8)9)71-73(59)62/h38-41,45-48,68,71-72H,10-37,42-44H2,1-9H3,(H,66,74)(H,67,75). The van der Waals surface area contributed by atoms with E-state index in [0.29, 0.717) is 42.4 Å². The molecule has 14 heteroatoms. The van der Waals surface area contributed by atoms with E-state index in [2.05, 4.69) is 110 Å². The van der Waals surface area contributed by atoms with Crippen LogP contribution < -0.4 is 29.6 Å². The lowest BCUT2D eigenvalue weighted by atomic mass is 9.93. The van der Waals surface area contributed by atoms with Gasteiger partial charge in [-0.15, -0.1) is 10.2 Å². The van der Waals surface area contributed by atoms with Crippen molar-refractivity contribution in [3.05, 3.63) is 82.0 Å². The van der Waals surface area contributed by atoms with Crippen LogP contribution in [0.3, 0.4) is 0 Å². The third-order valence-corrected chi connectivity index (χ3v) is 15.9. The van der Waals surface area contributed by atoms with Gasteiger partial charge in [0.15, 0.2) is 17.2 Å². The van der Waals surface area contributed by atoms with Crippen molar-refractivity contribution >= 4 is 45.8 Å². The Labute approximate surface area is 478 Å². The van der Waals surface area contributed by atoms with Gasteiger partial charge in [-0.3, -0.25) is 19.4 Å². The number of carbonyl (C=O) groups excluding carboxylic acids is 2. The highest BCUT2D eigenvalue weighted by Crippen LogP contribution is 2.39. The second-order valence-electron chi connectivity index (χ2n) is 23.2. The third-order valence-electron chi connectivity index (χ3n) is 15.2. The average molecular weight is 1110 g/mol.